The maximum atomic E-state index is 5.41. The highest BCUT2D eigenvalue weighted by Gasteiger charge is 2.12. The fraction of sp³-hybridized carbons (Fsp3) is 0.185. The minimum atomic E-state index is 0.253. The molecule has 3 aromatic carbocycles. The first-order valence-electron chi connectivity index (χ1n) is 11.5. The molecule has 37 heavy (non-hydrogen) atoms. The lowest BCUT2D eigenvalue weighted by atomic mass is 10.2. The van der Waals surface area contributed by atoms with Crippen molar-refractivity contribution in [2.45, 2.75) is 13.8 Å². The summed E-state index contributed by atoms with van der Waals surface area (Å²) in [5.41, 5.74) is 7.63. The van der Waals surface area contributed by atoms with Crippen molar-refractivity contribution in [1.29, 1.82) is 0 Å². The van der Waals surface area contributed by atoms with Crippen LogP contribution < -0.4 is 30.3 Å². The zero-order valence-electron chi connectivity index (χ0n) is 21.4. The summed E-state index contributed by atoms with van der Waals surface area (Å²) < 4.78 is 16.2. The van der Waals surface area contributed by atoms with Gasteiger partial charge in [0.25, 0.3) is 0 Å². The fourth-order valence-corrected chi connectivity index (χ4v) is 3.41. The second kappa shape index (κ2) is 11.7. The van der Waals surface area contributed by atoms with Crippen molar-refractivity contribution < 1.29 is 14.2 Å². The minimum absolute atomic E-state index is 0.253. The largest absolute Gasteiger partial charge is 0.493 e. The van der Waals surface area contributed by atoms with Crippen LogP contribution in [0.4, 0.5) is 29.2 Å². The van der Waals surface area contributed by atoms with E-state index in [1.807, 2.05) is 62.4 Å². The van der Waals surface area contributed by atoms with Gasteiger partial charge in [-0.15, -0.1) is 0 Å². The minimum Gasteiger partial charge on any atom is -0.493 e. The Labute approximate surface area is 215 Å². The van der Waals surface area contributed by atoms with E-state index in [0.29, 0.717) is 29.1 Å². The van der Waals surface area contributed by atoms with Gasteiger partial charge in [-0.25, -0.2) is 5.43 Å². The van der Waals surface area contributed by atoms with Gasteiger partial charge in [0.15, 0.2) is 11.5 Å². The first-order chi connectivity index (χ1) is 18.0. The van der Waals surface area contributed by atoms with E-state index in [1.54, 1.807) is 39.7 Å². The van der Waals surface area contributed by atoms with E-state index in [4.69, 9.17) is 14.2 Å². The molecule has 4 rings (SSSR count). The summed E-state index contributed by atoms with van der Waals surface area (Å²) in [6.45, 7) is 4.06. The molecule has 10 heteroatoms. The first kappa shape index (κ1) is 25.2. The molecule has 0 amide bonds. The van der Waals surface area contributed by atoms with Gasteiger partial charge in [0.1, 0.15) is 0 Å². The molecule has 0 aliphatic heterocycles. The van der Waals surface area contributed by atoms with Crippen LogP contribution in [0.3, 0.4) is 0 Å². The van der Waals surface area contributed by atoms with Crippen molar-refractivity contribution in [3.63, 3.8) is 0 Å². The zero-order valence-corrected chi connectivity index (χ0v) is 21.4. The summed E-state index contributed by atoms with van der Waals surface area (Å²) in [4.78, 5) is 13.4. The molecule has 0 atom stereocenters. The van der Waals surface area contributed by atoms with Crippen LogP contribution in [-0.4, -0.2) is 42.5 Å². The van der Waals surface area contributed by atoms with Crippen molar-refractivity contribution in [2.75, 3.05) is 37.4 Å². The monoisotopic (exact) mass is 499 g/mol. The van der Waals surface area contributed by atoms with Gasteiger partial charge in [-0.05, 0) is 50.2 Å². The Hall–Kier alpha value is -4.86. The third-order valence-corrected chi connectivity index (χ3v) is 5.32. The molecule has 4 aromatic rings. The molecule has 190 valence electrons. The van der Waals surface area contributed by atoms with Gasteiger partial charge in [-0.1, -0.05) is 35.4 Å². The van der Waals surface area contributed by atoms with Crippen molar-refractivity contribution in [3.8, 4) is 17.2 Å². The summed E-state index contributed by atoms with van der Waals surface area (Å²) in [5.74, 6) is 2.53. The van der Waals surface area contributed by atoms with Crippen LogP contribution in [0.5, 0.6) is 17.2 Å². The molecule has 0 unspecified atom stereocenters. The molecule has 0 spiro atoms. The molecular formula is C27H29N7O3. The van der Waals surface area contributed by atoms with Crippen LogP contribution in [0.15, 0.2) is 65.8 Å². The van der Waals surface area contributed by atoms with Crippen LogP contribution in [0.25, 0.3) is 0 Å². The third kappa shape index (κ3) is 6.63. The first-order valence-corrected chi connectivity index (χ1v) is 11.5. The van der Waals surface area contributed by atoms with E-state index in [2.05, 4.69) is 36.1 Å². The number of ether oxygens (including phenoxy) is 3. The number of hydrazone groups is 1. The number of hydrogen-bond acceptors (Lipinski definition) is 10. The number of nitrogens with one attached hydrogen (secondary N) is 3. The summed E-state index contributed by atoms with van der Waals surface area (Å²) in [7, 11) is 4.68. The molecule has 0 fully saturated rings. The summed E-state index contributed by atoms with van der Waals surface area (Å²) in [5, 5.41) is 10.7. The van der Waals surface area contributed by atoms with Crippen molar-refractivity contribution in [2.24, 2.45) is 5.10 Å². The average molecular weight is 500 g/mol. The van der Waals surface area contributed by atoms with Gasteiger partial charge in [-0.2, -0.15) is 20.1 Å². The van der Waals surface area contributed by atoms with E-state index in [0.717, 1.165) is 28.1 Å². The number of anilines is 5. The molecule has 1 heterocycles. The SMILES string of the molecule is COc1cc(/C=N\Nc2nc(Nc3ccc(C)cc3)nc(Nc3ccc(C)cc3)n2)cc(OC)c1OC. The number of nitrogens with zero attached hydrogens (tertiary/aromatic N) is 4. The van der Waals surface area contributed by atoms with E-state index in [1.165, 1.54) is 0 Å². The van der Waals surface area contributed by atoms with Gasteiger partial charge in [0, 0.05) is 16.9 Å². The van der Waals surface area contributed by atoms with Gasteiger partial charge < -0.3 is 24.8 Å². The summed E-state index contributed by atoms with van der Waals surface area (Å²) >= 11 is 0. The maximum absolute atomic E-state index is 5.41. The lowest BCUT2D eigenvalue weighted by Gasteiger charge is -2.12. The number of methoxy groups -OCH3 is 3. The number of benzene rings is 3. The molecule has 0 saturated carbocycles. The molecule has 0 aliphatic carbocycles. The highest BCUT2D eigenvalue weighted by Crippen LogP contribution is 2.37. The van der Waals surface area contributed by atoms with Crippen molar-refractivity contribution in [3.05, 3.63) is 77.4 Å². The summed E-state index contributed by atoms with van der Waals surface area (Å²) in [6, 6.07) is 19.5. The molecule has 10 nitrogen and oxygen atoms in total. The normalized spacial score (nSPS) is 10.7. The lowest BCUT2D eigenvalue weighted by molar-refractivity contribution is 0.324. The smallest absolute Gasteiger partial charge is 0.250 e. The quantitative estimate of drug-likeness (QED) is 0.194. The van der Waals surface area contributed by atoms with Crippen LogP contribution in [0.1, 0.15) is 16.7 Å². The number of hydrogen-bond donors (Lipinski definition) is 3. The topological polar surface area (TPSA) is 115 Å². The fourth-order valence-electron chi connectivity index (χ4n) is 3.41. The maximum Gasteiger partial charge on any atom is 0.250 e. The van der Waals surface area contributed by atoms with Crippen LogP contribution >= 0.6 is 0 Å². The standard InChI is InChI=1S/C27H29N7O3/c1-17-6-10-20(11-7-17)29-25-31-26(30-21-12-8-18(2)9-13-21)33-27(32-25)34-28-16-19-14-22(35-3)24(37-5)23(15-19)36-4/h6-16H,1-5H3,(H3,29,30,31,32,33,34)/b28-16-. The number of aromatic nitrogens is 3. The van der Waals surface area contributed by atoms with Gasteiger partial charge >= 0.3 is 0 Å². The second-order valence-corrected chi connectivity index (χ2v) is 8.12. The van der Waals surface area contributed by atoms with Crippen LogP contribution in [0, 0.1) is 13.8 Å². The molecule has 0 bridgehead atoms. The van der Waals surface area contributed by atoms with Gasteiger partial charge in [0.05, 0.1) is 27.5 Å². The number of aryl methyl sites for hydroxylation is 2. The predicted octanol–water partition coefficient (Wildman–Crippen LogP) is 5.45. The third-order valence-electron chi connectivity index (χ3n) is 5.32. The Morgan fingerprint density at radius 2 is 1.11 bits per heavy atom. The van der Waals surface area contributed by atoms with E-state index >= 15 is 0 Å². The summed E-state index contributed by atoms with van der Waals surface area (Å²) in [6.07, 6.45) is 1.61. The molecule has 3 N–H and O–H groups in total. The molecule has 0 aliphatic rings. The van der Waals surface area contributed by atoms with Crippen molar-refractivity contribution >= 4 is 35.4 Å². The molecule has 0 radical (unpaired) electrons. The molecule has 1 aromatic heterocycles. The van der Waals surface area contributed by atoms with Crippen LogP contribution in [-0.2, 0) is 0 Å². The molecular weight excluding hydrogens is 470 g/mol. The molecule has 0 saturated heterocycles. The Bertz CT molecular complexity index is 1280. The average Bonchev–Trinajstić information content (AvgIpc) is 2.90. The second-order valence-electron chi connectivity index (χ2n) is 8.12. The Kier molecular flexibility index (Phi) is 7.99. The van der Waals surface area contributed by atoms with Crippen LogP contribution in [0.2, 0.25) is 0 Å². The predicted molar refractivity (Wildman–Crippen MR) is 146 cm³/mol. The van der Waals surface area contributed by atoms with E-state index in [-0.39, 0.29) is 5.95 Å². The van der Waals surface area contributed by atoms with Crippen molar-refractivity contribution in [1.82, 2.24) is 15.0 Å². The Morgan fingerprint density at radius 1 is 0.649 bits per heavy atom. The van der Waals surface area contributed by atoms with E-state index < -0.39 is 0 Å². The highest BCUT2D eigenvalue weighted by atomic mass is 16.5. The number of rotatable bonds is 10. The Morgan fingerprint density at radius 3 is 1.54 bits per heavy atom. The lowest BCUT2D eigenvalue weighted by Crippen LogP contribution is -2.07. The van der Waals surface area contributed by atoms with Gasteiger partial charge in [-0.3, -0.25) is 0 Å². The highest BCUT2D eigenvalue weighted by molar-refractivity contribution is 5.83. The zero-order chi connectivity index (χ0) is 26.2. The Balaban J connectivity index is 1.60. The van der Waals surface area contributed by atoms with E-state index in [9.17, 15) is 0 Å². The van der Waals surface area contributed by atoms with Gasteiger partial charge in [0.2, 0.25) is 23.6 Å².